The first-order valence-electron chi connectivity index (χ1n) is 6.86. The third-order valence-electron chi connectivity index (χ3n) is 3.59. The summed E-state index contributed by atoms with van der Waals surface area (Å²) in [5.41, 5.74) is 0.692. The molecule has 2 aromatic rings. The van der Waals surface area contributed by atoms with Crippen LogP contribution in [-0.4, -0.2) is 49.7 Å². The highest BCUT2D eigenvalue weighted by atomic mass is 32.2. The molecule has 1 amide bonds. The molecule has 0 atom stereocenters. The third-order valence-corrected chi connectivity index (χ3v) is 7.73. The number of sulfonamides is 1. The first-order chi connectivity index (χ1) is 10.5. The van der Waals surface area contributed by atoms with Gasteiger partial charge in [-0.05, 0) is 24.4 Å². The maximum Gasteiger partial charge on any atom is 0.254 e. The molecule has 118 valence electrons. The number of hydrogen-bond acceptors (Lipinski definition) is 5. The molecule has 1 saturated heterocycles. The van der Waals surface area contributed by atoms with Gasteiger partial charge in [-0.15, -0.1) is 22.7 Å². The van der Waals surface area contributed by atoms with Gasteiger partial charge in [-0.1, -0.05) is 6.07 Å². The fourth-order valence-electron chi connectivity index (χ4n) is 2.41. The van der Waals surface area contributed by atoms with E-state index in [9.17, 15) is 13.2 Å². The zero-order valence-electron chi connectivity index (χ0n) is 12.1. The van der Waals surface area contributed by atoms with Gasteiger partial charge in [0, 0.05) is 36.4 Å². The van der Waals surface area contributed by atoms with Crippen molar-refractivity contribution in [3.05, 3.63) is 39.4 Å². The number of hydrogen-bond donors (Lipinski definition) is 0. The van der Waals surface area contributed by atoms with Crippen molar-refractivity contribution in [1.29, 1.82) is 0 Å². The van der Waals surface area contributed by atoms with Crippen LogP contribution in [0.4, 0.5) is 0 Å². The van der Waals surface area contributed by atoms with E-state index in [-0.39, 0.29) is 5.91 Å². The van der Waals surface area contributed by atoms with Crippen molar-refractivity contribution in [1.82, 2.24) is 9.21 Å². The van der Waals surface area contributed by atoms with E-state index in [4.69, 9.17) is 0 Å². The van der Waals surface area contributed by atoms with E-state index in [1.165, 1.54) is 15.6 Å². The number of carbonyl (C=O) groups excluding carboxylic acids is 1. The zero-order chi connectivity index (χ0) is 15.7. The van der Waals surface area contributed by atoms with Gasteiger partial charge in [0.2, 0.25) is 0 Å². The summed E-state index contributed by atoms with van der Waals surface area (Å²) in [6, 6.07) is 5.23. The molecule has 1 aliphatic rings. The average molecular weight is 356 g/mol. The number of nitrogens with zero attached hydrogens (tertiary/aromatic N) is 2. The van der Waals surface area contributed by atoms with Gasteiger partial charge in [-0.3, -0.25) is 4.79 Å². The highest BCUT2D eigenvalue weighted by molar-refractivity contribution is 7.91. The smallest absolute Gasteiger partial charge is 0.254 e. The van der Waals surface area contributed by atoms with Gasteiger partial charge in [0.1, 0.15) is 4.21 Å². The van der Waals surface area contributed by atoms with Crippen molar-refractivity contribution in [3.8, 4) is 0 Å². The fourth-order valence-corrected chi connectivity index (χ4v) is 5.65. The Morgan fingerprint density at radius 3 is 2.45 bits per heavy atom. The van der Waals surface area contributed by atoms with E-state index in [1.807, 2.05) is 18.4 Å². The molecule has 5 nitrogen and oxygen atoms in total. The quantitative estimate of drug-likeness (QED) is 0.848. The van der Waals surface area contributed by atoms with Crippen molar-refractivity contribution in [3.63, 3.8) is 0 Å². The maximum absolute atomic E-state index is 12.4. The van der Waals surface area contributed by atoms with Crippen LogP contribution in [-0.2, 0) is 10.0 Å². The summed E-state index contributed by atoms with van der Waals surface area (Å²) in [6.07, 6.45) is 0. The lowest BCUT2D eigenvalue weighted by molar-refractivity contribution is 0.0698. The second kappa shape index (κ2) is 6.11. The van der Waals surface area contributed by atoms with Gasteiger partial charge in [-0.2, -0.15) is 4.31 Å². The van der Waals surface area contributed by atoms with Crippen molar-refractivity contribution in [2.75, 3.05) is 26.2 Å². The molecule has 0 bridgehead atoms. The molecule has 8 heteroatoms. The Labute approximate surface area is 137 Å². The second-order valence-electron chi connectivity index (χ2n) is 5.07. The second-order valence-corrected chi connectivity index (χ2v) is 9.30. The highest BCUT2D eigenvalue weighted by Crippen LogP contribution is 2.23. The van der Waals surface area contributed by atoms with Crippen LogP contribution in [0.15, 0.2) is 33.2 Å². The molecule has 0 unspecified atom stereocenters. The number of aryl methyl sites for hydroxylation is 1. The molecule has 0 aromatic carbocycles. The Bertz CT molecular complexity index is 757. The molecule has 0 N–H and O–H groups in total. The van der Waals surface area contributed by atoms with Crippen molar-refractivity contribution < 1.29 is 13.2 Å². The Morgan fingerprint density at radius 2 is 1.91 bits per heavy atom. The van der Waals surface area contributed by atoms with E-state index in [1.54, 1.807) is 33.7 Å². The predicted octanol–water partition coefficient (Wildman–Crippen LogP) is 2.26. The van der Waals surface area contributed by atoms with Gasteiger partial charge < -0.3 is 4.90 Å². The van der Waals surface area contributed by atoms with Crippen LogP contribution in [0.5, 0.6) is 0 Å². The van der Waals surface area contributed by atoms with Gasteiger partial charge in [0.15, 0.2) is 0 Å². The Balaban J connectivity index is 1.67. The summed E-state index contributed by atoms with van der Waals surface area (Å²) in [7, 11) is -3.41. The number of carbonyl (C=O) groups is 1. The number of rotatable bonds is 3. The SMILES string of the molecule is Cc1cc(C(=O)N2CCN(S(=O)(=O)c3cccs3)CC2)cs1. The van der Waals surface area contributed by atoms with E-state index in [2.05, 4.69) is 0 Å². The number of thiophene rings is 2. The summed E-state index contributed by atoms with van der Waals surface area (Å²) < 4.78 is 26.7. The molecular formula is C14H16N2O3S3. The molecule has 1 aliphatic heterocycles. The van der Waals surface area contributed by atoms with Crippen LogP contribution in [0.3, 0.4) is 0 Å². The van der Waals surface area contributed by atoms with Crippen LogP contribution in [0.2, 0.25) is 0 Å². The molecule has 0 radical (unpaired) electrons. The molecule has 22 heavy (non-hydrogen) atoms. The molecule has 0 aliphatic carbocycles. The molecule has 1 fully saturated rings. The standard InChI is InChI=1S/C14H16N2O3S3/c1-11-9-12(10-21-11)14(17)15-4-6-16(7-5-15)22(18,19)13-3-2-8-20-13/h2-3,8-10H,4-7H2,1H3. The van der Waals surface area contributed by atoms with Gasteiger partial charge >= 0.3 is 0 Å². The van der Waals surface area contributed by atoms with Crippen molar-refractivity contribution >= 4 is 38.6 Å². The lowest BCUT2D eigenvalue weighted by Gasteiger charge is -2.33. The molecule has 0 saturated carbocycles. The van der Waals surface area contributed by atoms with Gasteiger partial charge in [0.25, 0.3) is 15.9 Å². The van der Waals surface area contributed by atoms with E-state index >= 15 is 0 Å². The number of piperazine rings is 1. The Kier molecular flexibility index (Phi) is 4.35. The van der Waals surface area contributed by atoms with Crippen LogP contribution in [0.25, 0.3) is 0 Å². The van der Waals surface area contributed by atoms with Crippen molar-refractivity contribution in [2.24, 2.45) is 0 Å². The first kappa shape index (κ1) is 15.7. The Morgan fingerprint density at radius 1 is 1.18 bits per heavy atom. The van der Waals surface area contributed by atoms with Gasteiger partial charge in [0.05, 0.1) is 5.56 Å². The van der Waals surface area contributed by atoms with Crippen LogP contribution < -0.4 is 0 Å². The normalized spacial score (nSPS) is 16.9. The minimum atomic E-state index is -3.41. The molecule has 3 heterocycles. The summed E-state index contributed by atoms with van der Waals surface area (Å²) in [4.78, 5) is 15.2. The molecular weight excluding hydrogens is 340 g/mol. The predicted molar refractivity (Wildman–Crippen MR) is 88.0 cm³/mol. The number of amides is 1. The third kappa shape index (κ3) is 2.96. The zero-order valence-corrected chi connectivity index (χ0v) is 14.5. The summed E-state index contributed by atoms with van der Waals surface area (Å²) in [6.45, 7) is 3.51. The van der Waals surface area contributed by atoms with Crippen LogP contribution in [0, 0.1) is 6.92 Å². The molecule has 3 rings (SSSR count). The maximum atomic E-state index is 12.4. The van der Waals surface area contributed by atoms with E-state index in [0.717, 1.165) is 4.88 Å². The highest BCUT2D eigenvalue weighted by Gasteiger charge is 2.31. The lowest BCUT2D eigenvalue weighted by Crippen LogP contribution is -2.50. The minimum Gasteiger partial charge on any atom is -0.336 e. The average Bonchev–Trinajstić information content (AvgIpc) is 3.18. The summed E-state index contributed by atoms with van der Waals surface area (Å²) in [5, 5.41) is 3.61. The largest absolute Gasteiger partial charge is 0.336 e. The Hall–Kier alpha value is -1.22. The van der Waals surface area contributed by atoms with Crippen LogP contribution in [0.1, 0.15) is 15.2 Å². The topological polar surface area (TPSA) is 57.7 Å². The van der Waals surface area contributed by atoms with E-state index in [0.29, 0.717) is 36.0 Å². The van der Waals surface area contributed by atoms with E-state index < -0.39 is 10.0 Å². The van der Waals surface area contributed by atoms with Crippen LogP contribution >= 0.6 is 22.7 Å². The molecule has 2 aromatic heterocycles. The fraction of sp³-hybridized carbons (Fsp3) is 0.357. The summed E-state index contributed by atoms with van der Waals surface area (Å²) in [5.74, 6) is -0.0162. The summed E-state index contributed by atoms with van der Waals surface area (Å²) >= 11 is 2.77. The molecule has 0 spiro atoms. The lowest BCUT2D eigenvalue weighted by atomic mass is 10.2. The first-order valence-corrected chi connectivity index (χ1v) is 10.1. The monoisotopic (exact) mass is 356 g/mol. The minimum absolute atomic E-state index is 0.0162. The van der Waals surface area contributed by atoms with Gasteiger partial charge in [-0.25, -0.2) is 8.42 Å². The van der Waals surface area contributed by atoms with Crippen molar-refractivity contribution in [2.45, 2.75) is 11.1 Å².